The zero-order valence-electron chi connectivity index (χ0n) is 12.6. The van der Waals surface area contributed by atoms with Crippen LogP contribution < -0.4 is 0 Å². The molecule has 2 aliphatic rings. The summed E-state index contributed by atoms with van der Waals surface area (Å²) in [7, 11) is 0. The third kappa shape index (κ3) is 4.40. The molecule has 0 N–H and O–H groups in total. The van der Waals surface area contributed by atoms with Crippen LogP contribution in [-0.4, -0.2) is 11.0 Å². The van der Waals surface area contributed by atoms with E-state index >= 15 is 0 Å². The van der Waals surface area contributed by atoms with Crippen molar-refractivity contribution in [2.75, 3.05) is 0 Å². The van der Waals surface area contributed by atoms with Crippen molar-refractivity contribution in [1.29, 1.82) is 0 Å². The minimum Gasteiger partial charge on any atom is -0.210 e. The van der Waals surface area contributed by atoms with Crippen molar-refractivity contribution in [2.24, 2.45) is 0 Å². The molecule has 2 heteroatoms. The summed E-state index contributed by atoms with van der Waals surface area (Å²) in [5.74, 6) is 0. The van der Waals surface area contributed by atoms with Gasteiger partial charge in [-0.05, 0) is 11.0 Å². The monoisotopic (exact) mass is 359 g/mol. The van der Waals surface area contributed by atoms with Crippen molar-refractivity contribution in [2.45, 2.75) is 51.4 Å². The Morgan fingerprint density at radius 3 is 1.45 bits per heavy atom. The summed E-state index contributed by atoms with van der Waals surface area (Å²) in [6, 6.07) is 13.4. The van der Waals surface area contributed by atoms with Crippen molar-refractivity contribution >= 4 is 11.0 Å². The molecule has 2 aromatic carbocycles. The molecular formula is C18H25SiZr. The number of hydrogen-bond donors (Lipinski definition) is 0. The average Bonchev–Trinajstić information content (AvgIpc) is 3.08. The summed E-state index contributed by atoms with van der Waals surface area (Å²) >= 11 is 0. The largest absolute Gasteiger partial charge is 2.00 e. The fraction of sp³-hybridized carbons (Fsp3) is 0.444. The molecule has 105 valence electrons. The van der Waals surface area contributed by atoms with Gasteiger partial charge in [0.25, 0.3) is 0 Å². The first-order valence-electron chi connectivity index (χ1n) is 7.40. The van der Waals surface area contributed by atoms with Crippen LogP contribution >= 0.6 is 0 Å². The van der Waals surface area contributed by atoms with Gasteiger partial charge in [-0.15, -0.1) is 0 Å². The fourth-order valence-electron chi connectivity index (χ4n) is 3.23. The summed E-state index contributed by atoms with van der Waals surface area (Å²) in [5.41, 5.74) is 6.39. The van der Waals surface area contributed by atoms with Gasteiger partial charge in [-0.25, -0.2) is 12.1 Å². The molecule has 0 amide bonds. The van der Waals surface area contributed by atoms with Gasteiger partial charge in [-0.1, -0.05) is 51.4 Å². The molecule has 0 nitrogen and oxygen atoms in total. The Labute approximate surface area is 146 Å². The molecular weight excluding hydrogens is 336 g/mol. The minimum atomic E-state index is 0. The first kappa shape index (κ1) is 17.9. The summed E-state index contributed by atoms with van der Waals surface area (Å²) in [6.07, 6.45) is 10.9. The van der Waals surface area contributed by atoms with Gasteiger partial charge in [0.15, 0.2) is 0 Å². The van der Waals surface area contributed by atoms with Crippen LogP contribution in [0.5, 0.6) is 0 Å². The SMILES string of the molecule is [SiH3].[Zr+2].c1cc2c([cH-]1)CCCC2.c1cc2c([cH-]1)CCCC2. The number of rotatable bonds is 0. The zero-order chi connectivity index (χ0) is 12.2. The summed E-state index contributed by atoms with van der Waals surface area (Å²) in [4.78, 5) is 0. The van der Waals surface area contributed by atoms with E-state index in [1.54, 1.807) is 22.3 Å². The van der Waals surface area contributed by atoms with Crippen LogP contribution in [0.25, 0.3) is 0 Å². The molecule has 0 saturated heterocycles. The topological polar surface area (TPSA) is 0 Å². The van der Waals surface area contributed by atoms with E-state index < -0.39 is 0 Å². The summed E-state index contributed by atoms with van der Waals surface area (Å²) in [5, 5.41) is 0. The first-order valence-corrected chi connectivity index (χ1v) is 7.40. The van der Waals surface area contributed by atoms with Crippen LogP contribution in [0.2, 0.25) is 0 Å². The predicted molar refractivity (Wildman–Crippen MR) is 87.3 cm³/mol. The van der Waals surface area contributed by atoms with Gasteiger partial charge >= 0.3 is 26.2 Å². The molecule has 1 radical (unpaired) electrons. The molecule has 0 bridgehead atoms. The summed E-state index contributed by atoms with van der Waals surface area (Å²) < 4.78 is 0. The van der Waals surface area contributed by atoms with Crippen LogP contribution in [-0.2, 0) is 51.9 Å². The van der Waals surface area contributed by atoms with E-state index in [-0.39, 0.29) is 37.2 Å². The minimum absolute atomic E-state index is 0. The van der Waals surface area contributed by atoms with Crippen molar-refractivity contribution < 1.29 is 26.2 Å². The number of hydrogen-bond acceptors (Lipinski definition) is 0. The third-order valence-corrected chi connectivity index (χ3v) is 4.30. The Morgan fingerprint density at radius 1 is 0.650 bits per heavy atom. The molecule has 4 rings (SSSR count). The Bertz CT molecular complexity index is 408. The van der Waals surface area contributed by atoms with Gasteiger partial charge in [0.1, 0.15) is 0 Å². The van der Waals surface area contributed by atoms with Crippen LogP contribution in [0.1, 0.15) is 47.9 Å². The van der Waals surface area contributed by atoms with Crippen molar-refractivity contribution in [3.63, 3.8) is 0 Å². The van der Waals surface area contributed by atoms with E-state index in [0.29, 0.717) is 0 Å². The van der Waals surface area contributed by atoms with E-state index in [4.69, 9.17) is 0 Å². The van der Waals surface area contributed by atoms with E-state index in [1.165, 1.54) is 51.4 Å². The molecule has 0 spiro atoms. The smallest absolute Gasteiger partial charge is 0.210 e. The van der Waals surface area contributed by atoms with E-state index in [9.17, 15) is 0 Å². The number of fused-ring (bicyclic) bond motifs is 2. The third-order valence-electron chi connectivity index (χ3n) is 4.30. The van der Waals surface area contributed by atoms with Crippen LogP contribution in [0.3, 0.4) is 0 Å². The normalized spacial score (nSPS) is 15.6. The van der Waals surface area contributed by atoms with Gasteiger partial charge in [0, 0.05) is 0 Å². The maximum Gasteiger partial charge on any atom is 2.00 e. The molecule has 2 aromatic rings. The van der Waals surface area contributed by atoms with Gasteiger partial charge in [-0.2, -0.15) is 46.5 Å². The van der Waals surface area contributed by atoms with E-state index in [0.717, 1.165) is 0 Å². The molecule has 0 unspecified atom stereocenters. The quantitative estimate of drug-likeness (QED) is 0.499. The predicted octanol–water partition coefficient (Wildman–Crippen LogP) is 3.38. The fourth-order valence-corrected chi connectivity index (χ4v) is 3.23. The van der Waals surface area contributed by atoms with E-state index in [1.807, 2.05) is 0 Å². The molecule has 20 heavy (non-hydrogen) atoms. The Hall–Kier alpha value is -0.200. The molecule has 0 aromatic heterocycles. The number of aryl methyl sites for hydroxylation is 4. The zero-order valence-corrected chi connectivity index (χ0v) is 17.1. The maximum absolute atomic E-state index is 2.26. The molecule has 0 fully saturated rings. The van der Waals surface area contributed by atoms with Crippen LogP contribution in [0.15, 0.2) is 36.4 Å². The Morgan fingerprint density at radius 2 is 1.05 bits per heavy atom. The molecule has 2 aliphatic carbocycles. The maximum atomic E-state index is 2.26. The van der Waals surface area contributed by atoms with Crippen LogP contribution in [0.4, 0.5) is 0 Å². The second-order valence-electron chi connectivity index (χ2n) is 5.57. The second-order valence-corrected chi connectivity index (χ2v) is 5.57. The van der Waals surface area contributed by atoms with Gasteiger partial charge in [0.05, 0.1) is 0 Å². The van der Waals surface area contributed by atoms with Gasteiger partial charge in [0.2, 0.25) is 0 Å². The molecule has 0 heterocycles. The van der Waals surface area contributed by atoms with Crippen molar-refractivity contribution in [3.8, 4) is 0 Å². The van der Waals surface area contributed by atoms with E-state index in [2.05, 4.69) is 36.4 Å². The van der Waals surface area contributed by atoms with Gasteiger partial charge in [-0.3, -0.25) is 0 Å². The van der Waals surface area contributed by atoms with Crippen LogP contribution in [0, 0.1) is 0 Å². The average molecular weight is 361 g/mol. The standard InChI is InChI=1S/2C9H11.H3Si.Zr/c2*1-2-5-9-7-3-6-8(9)4-1;;/h2*3,6-7H,1-2,4-5H2;1H3;/q2*-1;;+2. The molecule has 0 aliphatic heterocycles. The Kier molecular flexibility index (Phi) is 7.99. The Balaban J connectivity index is 0.000000182. The second kappa shape index (κ2) is 8.95. The summed E-state index contributed by atoms with van der Waals surface area (Å²) in [6.45, 7) is 0. The molecule has 0 saturated carbocycles. The van der Waals surface area contributed by atoms with Crippen molar-refractivity contribution in [3.05, 3.63) is 58.7 Å². The molecule has 0 atom stereocenters. The van der Waals surface area contributed by atoms with Crippen molar-refractivity contribution in [1.82, 2.24) is 0 Å². The van der Waals surface area contributed by atoms with Gasteiger partial charge < -0.3 is 0 Å². The first-order chi connectivity index (χ1) is 8.93.